The fourth-order valence-corrected chi connectivity index (χ4v) is 3.84. The third-order valence-corrected chi connectivity index (χ3v) is 5.41. The minimum absolute atomic E-state index is 0.0594. The van der Waals surface area contributed by atoms with E-state index in [4.69, 9.17) is 4.74 Å². The monoisotopic (exact) mass is 357 g/mol. The van der Waals surface area contributed by atoms with E-state index in [1.807, 2.05) is 52.7 Å². The molecule has 1 fully saturated rings. The Bertz CT molecular complexity index is 676. The molecule has 0 atom stereocenters. The number of rotatable bonds is 7. The molecule has 2 heterocycles. The summed E-state index contributed by atoms with van der Waals surface area (Å²) in [5, 5.41) is 1.93. The third-order valence-electron chi connectivity index (χ3n) is 4.53. The van der Waals surface area contributed by atoms with Crippen molar-refractivity contribution in [2.24, 2.45) is 5.92 Å². The van der Waals surface area contributed by atoms with Gasteiger partial charge in [0, 0.05) is 25.4 Å². The first kappa shape index (κ1) is 17.7. The quantitative estimate of drug-likeness (QED) is 0.555. The highest BCUT2D eigenvalue weighted by molar-refractivity contribution is 7.12. The molecule has 5 heteroatoms. The lowest BCUT2D eigenvalue weighted by Gasteiger charge is -2.31. The Balaban J connectivity index is 1.36. The molecular weight excluding hydrogens is 334 g/mol. The second-order valence-corrected chi connectivity index (χ2v) is 7.21. The second kappa shape index (κ2) is 8.81. The number of benzene rings is 1. The molecule has 1 aromatic heterocycles. The van der Waals surface area contributed by atoms with Crippen LogP contribution in [-0.4, -0.2) is 36.3 Å². The van der Waals surface area contributed by atoms with Crippen LogP contribution < -0.4 is 4.74 Å². The van der Waals surface area contributed by atoms with Gasteiger partial charge in [0.2, 0.25) is 5.91 Å². The van der Waals surface area contributed by atoms with E-state index < -0.39 is 0 Å². The fraction of sp³-hybridized carbons (Fsp3) is 0.400. The first-order valence-electron chi connectivity index (χ1n) is 8.77. The van der Waals surface area contributed by atoms with E-state index in [0.29, 0.717) is 32.5 Å². The normalized spacial score (nSPS) is 15.1. The minimum Gasteiger partial charge on any atom is -0.494 e. The SMILES string of the molecule is O=C(c1cccs1)C1CCN(C(=O)CCCOc2ccccc2)CC1. The number of thiophene rings is 1. The number of nitrogens with zero attached hydrogens (tertiary/aromatic N) is 1. The number of hydrogen-bond acceptors (Lipinski definition) is 4. The average molecular weight is 357 g/mol. The lowest BCUT2D eigenvalue weighted by Crippen LogP contribution is -2.40. The van der Waals surface area contributed by atoms with Crippen molar-refractivity contribution < 1.29 is 14.3 Å². The molecule has 1 aliphatic heterocycles. The van der Waals surface area contributed by atoms with E-state index in [1.165, 1.54) is 11.3 Å². The molecule has 1 aromatic carbocycles. The molecule has 1 saturated heterocycles. The summed E-state index contributed by atoms with van der Waals surface area (Å²) in [7, 11) is 0. The van der Waals surface area contributed by atoms with Crippen LogP contribution >= 0.6 is 11.3 Å². The number of likely N-dealkylation sites (tertiary alicyclic amines) is 1. The van der Waals surface area contributed by atoms with E-state index in [-0.39, 0.29) is 17.6 Å². The fourth-order valence-electron chi connectivity index (χ4n) is 3.10. The van der Waals surface area contributed by atoms with Crippen LogP contribution in [0, 0.1) is 5.92 Å². The minimum atomic E-state index is 0.0594. The Kier molecular flexibility index (Phi) is 6.23. The molecule has 0 spiro atoms. The van der Waals surface area contributed by atoms with Crippen LogP contribution in [0.5, 0.6) is 5.75 Å². The van der Waals surface area contributed by atoms with Crippen molar-refractivity contribution in [3.8, 4) is 5.75 Å². The zero-order valence-corrected chi connectivity index (χ0v) is 15.0. The van der Waals surface area contributed by atoms with Crippen LogP contribution in [0.1, 0.15) is 35.4 Å². The van der Waals surface area contributed by atoms with Crippen molar-refractivity contribution >= 4 is 23.0 Å². The highest BCUT2D eigenvalue weighted by Crippen LogP contribution is 2.24. The van der Waals surface area contributed by atoms with E-state index in [2.05, 4.69) is 0 Å². The van der Waals surface area contributed by atoms with Crippen LogP contribution in [0.4, 0.5) is 0 Å². The average Bonchev–Trinajstić information content (AvgIpc) is 3.20. The molecule has 0 unspecified atom stereocenters. The summed E-state index contributed by atoms with van der Waals surface area (Å²) in [5.41, 5.74) is 0. The first-order valence-corrected chi connectivity index (χ1v) is 9.65. The Hall–Kier alpha value is -2.14. The van der Waals surface area contributed by atoms with Gasteiger partial charge in [-0.05, 0) is 42.8 Å². The summed E-state index contributed by atoms with van der Waals surface area (Å²) in [6.07, 6.45) is 2.74. The number of carbonyl (C=O) groups excluding carboxylic acids is 2. The number of para-hydroxylation sites is 1. The molecule has 1 amide bonds. The zero-order valence-electron chi connectivity index (χ0n) is 14.2. The first-order chi connectivity index (χ1) is 12.2. The molecule has 0 N–H and O–H groups in total. The van der Waals surface area contributed by atoms with E-state index in [0.717, 1.165) is 23.5 Å². The molecule has 0 aliphatic carbocycles. The number of amides is 1. The number of Topliss-reactive ketones (excluding diaryl/α,β-unsaturated/α-hetero) is 1. The van der Waals surface area contributed by atoms with Crippen molar-refractivity contribution in [1.82, 2.24) is 4.90 Å². The van der Waals surface area contributed by atoms with E-state index in [1.54, 1.807) is 0 Å². The maximum Gasteiger partial charge on any atom is 0.222 e. The predicted molar refractivity (Wildman–Crippen MR) is 99.1 cm³/mol. The van der Waals surface area contributed by atoms with E-state index >= 15 is 0 Å². The maximum atomic E-state index is 12.4. The summed E-state index contributed by atoms with van der Waals surface area (Å²) in [5.74, 6) is 1.30. The summed E-state index contributed by atoms with van der Waals surface area (Å²) < 4.78 is 5.62. The van der Waals surface area contributed by atoms with E-state index in [9.17, 15) is 9.59 Å². The van der Waals surface area contributed by atoms with Crippen molar-refractivity contribution in [3.05, 3.63) is 52.7 Å². The van der Waals surface area contributed by atoms with Gasteiger partial charge in [-0.2, -0.15) is 0 Å². The summed E-state index contributed by atoms with van der Waals surface area (Å²) >= 11 is 1.50. The van der Waals surface area contributed by atoms with Gasteiger partial charge in [0.25, 0.3) is 0 Å². The summed E-state index contributed by atoms with van der Waals surface area (Å²) in [6.45, 7) is 1.91. The summed E-state index contributed by atoms with van der Waals surface area (Å²) in [4.78, 5) is 27.4. The van der Waals surface area contributed by atoms with Crippen molar-refractivity contribution in [3.63, 3.8) is 0 Å². The molecule has 0 saturated carbocycles. The Morgan fingerprint density at radius 3 is 2.52 bits per heavy atom. The molecule has 132 valence electrons. The van der Waals surface area contributed by atoms with Crippen LogP contribution in [0.2, 0.25) is 0 Å². The highest BCUT2D eigenvalue weighted by Gasteiger charge is 2.28. The number of hydrogen-bond donors (Lipinski definition) is 0. The number of piperidine rings is 1. The van der Waals surface area contributed by atoms with Crippen molar-refractivity contribution in [1.29, 1.82) is 0 Å². The van der Waals surface area contributed by atoms with Crippen LogP contribution in [0.3, 0.4) is 0 Å². The standard InChI is InChI=1S/C20H23NO3S/c22-19(9-4-14-24-17-6-2-1-3-7-17)21-12-10-16(11-13-21)20(23)18-8-5-15-25-18/h1-3,5-8,15-16H,4,9-14H2. The summed E-state index contributed by atoms with van der Waals surface area (Å²) in [6, 6.07) is 13.4. The van der Waals surface area contributed by atoms with Gasteiger partial charge in [-0.1, -0.05) is 24.3 Å². The second-order valence-electron chi connectivity index (χ2n) is 6.26. The lowest BCUT2D eigenvalue weighted by molar-refractivity contribution is -0.132. The van der Waals surface area contributed by atoms with Gasteiger partial charge in [-0.25, -0.2) is 0 Å². The van der Waals surface area contributed by atoms with Gasteiger partial charge < -0.3 is 9.64 Å². The van der Waals surface area contributed by atoms with Crippen LogP contribution in [-0.2, 0) is 4.79 Å². The van der Waals surface area contributed by atoms with Gasteiger partial charge in [0.15, 0.2) is 5.78 Å². The topological polar surface area (TPSA) is 46.6 Å². The van der Waals surface area contributed by atoms with Crippen LogP contribution in [0.25, 0.3) is 0 Å². The Morgan fingerprint density at radius 2 is 1.84 bits per heavy atom. The van der Waals surface area contributed by atoms with Gasteiger partial charge in [0.05, 0.1) is 11.5 Å². The van der Waals surface area contributed by atoms with Gasteiger partial charge in [0.1, 0.15) is 5.75 Å². The van der Waals surface area contributed by atoms with Gasteiger partial charge in [-0.3, -0.25) is 9.59 Å². The Labute approximate surface area is 152 Å². The molecule has 4 nitrogen and oxygen atoms in total. The molecule has 0 radical (unpaired) electrons. The number of ether oxygens (including phenoxy) is 1. The zero-order chi connectivity index (χ0) is 17.5. The molecule has 0 bridgehead atoms. The highest BCUT2D eigenvalue weighted by atomic mass is 32.1. The van der Waals surface area contributed by atoms with Crippen molar-refractivity contribution in [2.75, 3.05) is 19.7 Å². The Morgan fingerprint density at radius 1 is 1.08 bits per heavy atom. The molecule has 25 heavy (non-hydrogen) atoms. The number of carbonyl (C=O) groups is 2. The van der Waals surface area contributed by atoms with Crippen molar-refractivity contribution in [2.45, 2.75) is 25.7 Å². The molecule has 3 rings (SSSR count). The van der Waals surface area contributed by atoms with Gasteiger partial charge >= 0.3 is 0 Å². The van der Waals surface area contributed by atoms with Crippen LogP contribution in [0.15, 0.2) is 47.8 Å². The molecule has 1 aliphatic rings. The lowest BCUT2D eigenvalue weighted by atomic mass is 9.91. The largest absolute Gasteiger partial charge is 0.494 e. The molecular formula is C20H23NO3S. The van der Waals surface area contributed by atoms with Gasteiger partial charge in [-0.15, -0.1) is 11.3 Å². The predicted octanol–water partition coefficient (Wildman–Crippen LogP) is 4.03. The molecule has 2 aromatic rings. The number of ketones is 1. The maximum absolute atomic E-state index is 12.4. The smallest absolute Gasteiger partial charge is 0.222 e. The third kappa shape index (κ3) is 4.92.